The summed E-state index contributed by atoms with van der Waals surface area (Å²) in [5.41, 5.74) is 2.79. The van der Waals surface area contributed by atoms with E-state index in [1.165, 1.54) is 0 Å². The van der Waals surface area contributed by atoms with Gasteiger partial charge in [0.15, 0.2) is 13.9 Å². The van der Waals surface area contributed by atoms with Crippen LogP contribution in [-0.2, 0) is 37.8 Å². The lowest BCUT2D eigenvalue weighted by molar-refractivity contribution is -0.150. The fourth-order valence-electron chi connectivity index (χ4n) is 7.75. The number of carbonyl (C=O) groups is 3. The van der Waals surface area contributed by atoms with E-state index in [1.54, 1.807) is 14.7 Å². The minimum Gasteiger partial charge on any atom is -0.432 e. The molecule has 2 heterocycles. The molecule has 49 heavy (non-hydrogen) atoms. The monoisotopic (exact) mass is 677 g/mol. The number of aliphatic hydroxyl groups is 1. The van der Waals surface area contributed by atoms with Gasteiger partial charge in [-0.3, -0.25) is 19.3 Å². The molecule has 254 valence electrons. The molecule has 1 saturated heterocycles. The number of ether oxygens (including phenoxy) is 1. The zero-order chi connectivity index (χ0) is 34.8. The highest BCUT2D eigenvalue weighted by Gasteiger charge is 2.66. The summed E-state index contributed by atoms with van der Waals surface area (Å²) in [5, 5.41) is 9.80. The number of carbonyl (C=O) groups excluding carboxylic acids is 3. The molecular weight excluding hydrogens is 635 g/mol. The number of nitrogens with zero attached hydrogens (tertiary/aromatic N) is 3. The van der Waals surface area contributed by atoms with Gasteiger partial charge in [0.25, 0.3) is 5.91 Å². The van der Waals surface area contributed by atoms with Gasteiger partial charge in [-0.25, -0.2) is 0 Å². The zero-order valence-electron chi connectivity index (χ0n) is 28.1. The van der Waals surface area contributed by atoms with Gasteiger partial charge in [-0.05, 0) is 54.6 Å². The van der Waals surface area contributed by atoms with Crippen LogP contribution >= 0.6 is 0 Å². The van der Waals surface area contributed by atoms with E-state index in [9.17, 15) is 24.3 Å². The van der Waals surface area contributed by atoms with Crippen LogP contribution in [0.1, 0.15) is 30.0 Å². The van der Waals surface area contributed by atoms with Gasteiger partial charge in [-0.1, -0.05) is 85.8 Å². The Bertz CT molecular complexity index is 1800. The van der Waals surface area contributed by atoms with Gasteiger partial charge >= 0.3 is 0 Å². The van der Waals surface area contributed by atoms with Gasteiger partial charge in [0, 0.05) is 41.5 Å². The maximum atomic E-state index is 14.8. The highest BCUT2D eigenvalue weighted by atomic mass is 28.4. The first-order chi connectivity index (χ1) is 23.6. The topological polar surface area (TPSA) is 111 Å². The summed E-state index contributed by atoms with van der Waals surface area (Å²) in [7, 11) is -3.00. The van der Waals surface area contributed by atoms with E-state index in [0.717, 1.165) is 28.8 Å². The van der Waals surface area contributed by atoms with Crippen molar-refractivity contribution in [2.24, 2.45) is 5.92 Å². The molecule has 4 aromatic rings. The summed E-state index contributed by atoms with van der Waals surface area (Å²) in [4.78, 5) is 57.4. The lowest BCUT2D eigenvalue weighted by atomic mass is 9.82. The van der Waals surface area contributed by atoms with Crippen molar-refractivity contribution < 1.29 is 29.0 Å². The third-order valence-electron chi connectivity index (χ3n) is 9.88. The molecule has 0 aliphatic carbocycles. The Labute approximate surface area is 288 Å². The summed E-state index contributed by atoms with van der Waals surface area (Å²) in [6.07, 6.45) is 0.0368. The second-order valence-electron chi connectivity index (χ2n) is 13.5. The third-order valence-corrected chi connectivity index (χ3v) is 12.4. The number of anilines is 3. The molecule has 6 rings (SSSR count). The van der Waals surface area contributed by atoms with Crippen LogP contribution in [0.15, 0.2) is 109 Å². The second-order valence-corrected chi connectivity index (χ2v) is 17.5. The number of benzene rings is 4. The first kappa shape index (κ1) is 34.3. The predicted molar refractivity (Wildman–Crippen MR) is 191 cm³/mol. The lowest BCUT2D eigenvalue weighted by Crippen LogP contribution is -2.46. The molecule has 0 aromatic heterocycles. The van der Waals surface area contributed by atoms with Crippen molar-refractivity contribution in [3.05, 3.63) is 126 Å². The maximum Gasteiger partial charge on any atom is 0.264 e. The smallest absolute Gasteiger partial charge is 0.264 e. The minimum absolute atomic E-state index is 0.0287. The number of aliphatic hydroxyl groups excluding tert-OH is 1. The molecule has 0 bridgehead atoms. The van der Waals surface area contributed by atoms with Crippen molar-refractivity contribution >= 4 is 43.6 Å². The Morgan fingerprint density at radius 1 is 0.918 bits per heavy atom. The molecule has 0 radical (unpaired) electrons. The van der Waals surface area contributed by atoms with Gasteiger partial charge < -0.3 is 24.4 Å². The first-order valence-corrected chi connectivity index (χ1v) is 19.7. The predicted octanol–water partition coefficient (Wildman–Crippen LogP) is 5.74. The first-order valence-electron chi connectivity index (χ1n) is 16.7. The summed E-state index contributed by atoms with van der Waals surface area (Å²) in [6, 6.07) is 34.1. The third kappa shape index (κ3) is 6.57. The van der Waals surface area contributed by atoms with Crippen molar-refractivity contribution in [1.82, 2.24) is 4.90 Å². The summed E-state index contributed by atoms with van der Waals surface area (Å²) in [5.74, 6) is -0.872. The molecule has 0 saturated carbocycles. The number of hydrogen-bond donors (Lipinski definition) is 2. The molecular formula is C39H43N3O6Si. The number of hydrogen-bond acceptors (Lipinski definition) is 6. The molecule has 0 unspecified atom stereocenters. The summed E-state index contributed by atoms with van der Waals surface area (Å²) in [6.45, 7) is 6.17. The average molecular weight is 678 g/mol. The Morgan fingerprint density at radius 3 is 2.22 bits per heavy atom. The minimum atomic E-state index is -3.00. The molecule has 3 amide bonds. The molecule has 2 N–H and O–H groups in total. The Kier molecular flexibility index (Phi) is 9.85. The van der Waals surface area contributed by atoms with Gasteiger partial charge in [0.1, 0.15) is 0 Å². The van der Waals surface area contributed by atoms with Crippen LogP contribution in [-0.4, -0.2) is 60.6 Å². The van der Waals surface area contributed by atoms with E-state index < -0.39 is 31.5 Å². The Hall–Kier alpha value is -4.61. The van der Waals surface area contributed by atoms with E-state index in [4.69, 9.17) is 4.74 Å². The average Bonchev–Trinajstić information content (AvgIpc) is 3.52. The van der Waals surface area contributed by atoms with Crippen LogP contribution in [0.4, 0.5) is 17.1 Å². The van der Waals surface area contributed by atoms with E-state index in [-0.39, 0.29) is 37.9 Å². The largest absolute Gasteiger partial charge is 0.432 e. The number of para-hydroxylation sites is 2. The second kappa shape index (κ2) is 14.1. The molecule has 9 nitrogen and oxygen atoms in total. The molecule has 2 aliphatic heterocycles. The van der Waals surface area contributed by atoms with E-state index in [0.29, 0.717) is 17.9 Å². The fraction of sp³-hybridized carbons (Fsp3) is 0.308. The van der Waals surface area contributed by atoms with Crippen LogP contribution in [0.25, 0.3) is 0 Å². The maximum absolute atomic E-state index is 14.8. The molecule has 4 atom stereocenters. The van der Waals surface area contributed by atoms with Crippen LogP contribution in [0, 0.1) is 5.92 Å². The molecule has 1 spiro atoms. The van der Waals surface area contributed by atoms with Crippen molar-refractivity contribution in [1.29, 1.82) is 0 Å². The van der Waals surface area contributed by atoms with Crippen molar-refractivity contribution in [2.45, 2.75) is 56.8 Å². The quantitative estimate of drug-likeness (QED) is 0.146. The fourth-order valence-corrected chi connectivity index (χ4v) is 10.3. The SMILES string of the molecule is C[C@@H]1[C@@H]([Si](C)(C)O)[C@H](CC(=O)N(CCO)Cc2ccccc2)O[C@@]12C(=O)N(Cc1cccc(N(C=O)c3ccccc3)c1)c1ccccc12. The summed E-state index contributed by atoms with van der Waals surface area (Å²) < 4.78 is 6.87. The molecule has 4 aromatic carbocycles. The van der Waals surface area contributed by atoms with Gasteiger partial charge in [0.05, 0.1) is 31.4 Å². The van der Waals surface area contributed by atoms with Crippen molar-refractivity contribution in [3.8, 4) is 0 Å². The Balaban J connectivity index is 1.31. The van der Waals surface area contributed by atoms with E-state index >= 15 is 0 Å². The van der Waals surface area contributed by atoms with Crippen LogP contribution in [0.2, 0.25) is 18.6 Å². The van der Waals surface area contributed by atoms with Gasteiger partial charge in [-0.15, -0.1) is 0 Å². The zero-order valence-corrected chi connectivity index (χ0v) is 29.1. The number of rotatable bonds is 12. The normalized spacial score (nSPS) is 21.5. The highest BCUT2D eigenvalue weighted by Crippen LogP contribution is 2.59. The highest BCUT2D eigenvalue weighted by molar-refractivity contribution is 6.71. The standard InChI is InChI=1S/C39H43N3O6Si/c1-28-37(49(2,3)47)35(24-36(45)40(21-22-43)25-29-13-6-4-7-14-29)48-39(28)33-19-10-11-20-34(33)41(38(39)46)26-30-15-12-18-32(23-30)42(27-44)31-16-8-5-9-17-31/h4-20,23,27-28,35,37,43,47H,21-22,24-26H2,1-3H3/t28-,35+,37-,39+/m1/s1. The van der Waals surface area contributed by atoms with E-state index in [1.807, 2.05) is 129 Å². The molecule has 10 heteroatoms. The van der Waals surface area contributed by atoms with Crippen LogP contribution in [0.3, 0.4) is 0 Å². The summed E-state index contributed by atoms with van der Waals surface area (Å²) >= 11 is 0. The van der Waals surface area contributed by atoms with Crippen molar-refractivity contribution in [3.63, 3.8) is 0 Å². The lowest BCUT2D eigenvalue weighted by Gasteiger charge is -2.32. The van der Waals surface area contributed by atoms with Crippen LogP contribution < -0.4 is 9.80 Å². The molecule has 2 aliphatic rings. The number of amides is 3. The van der Waals surface area contributed by atoms with Gasteiger partial charge in [0.2, 0.25) is 12.3 Å². The van der Waals surface area contributed by atoms with E-state index in [2.05, 4.69) is 0 Å². The Morgan fingerprint density at radius 2 is 1.55 bits per heavy atom. The number of fused-ring (bicyclic) bond motifs is 2. The van der Waals surface area contributed by atoms with Crippen LogP contribution in [0.5, 0.6) is 0 Å². The molecule has 1 fully saturated rings. The van der Waals surface area contributed by atoms with Gasteiger partial charge in [-0.2, -0.15) is 0 Å². The van der Waals surface area contributed by atoms with Crippen molar-refractivity contribution in [2.75, 3.05) is 23.0 Å².